The second-order valence-electron chi connectivity index (χ2n) is 3.63. The Hall–Kier alpha value is -0.930. The number of benzene rings is 1. The lowest BCUT2D eigenvalue weighted by Gasteiger charge is -2.14. The fourth-order valence-electron chi connectivity index (χ4n) is 1.47. The minimum atomic E-state index is -0.630. The topological polar surface area (TPSA) is 35.5 Å². The van der Waals surface area contributed by atoms with Gasteiger partial charge in [0.1, 0.15) is 0 Å². The number of rotatable bonds is 6. The summed E-state index contributed by atoms with van der Waals surface area (Å²) in [5.41, 5.74) is 0.353. The van der Waals surface area contributed by atoms with Gasteiger partial charge in [-0.05, 0) is 26.8 Å². The van der Waals surface area contributed by atoms with Gasteiger partial charge in [0.2, 0.25) is 0 Å². The monoisotopic (exact) mass is 290 g/mol. The van der Waals surface area contributed by atoms with Gasteiger partial charge < -0.3 is 9.47 Å². The Bertz CT molecular complexity index is 430. The fraction of sp³-hybridized carbons (Fsp3) is 0.462. The first-order valence-electron chi connectivity index (χ1n) is 5.78. The molecule has 0 aromatic heterocycles. The minimum absolute atomic E-state index is 0.231. The molecule has 1 unspecified atom stereocenters. The van der Waals surface area contributed by atoms with E-state index in [1.54, 1.807) is 19.1 Å². The van der Waals surface area contributed by atoms with E-state index in [0.29, 0.717) is 35.3 Å². The van der Waals surface area contributed by atoms with E-state index >= 15 is 0 Å². The van der Waals surface area contributed by atoms with E-state index in [1.807, 2.05) is 13.8 Å². The fourth-order valence-corrected chi connectivity index (χ4v) is 1.84. The number of carbonyl (C=O) groups excluding carboxylic acids is 1. The third-order valence-corrected chi connectivity index (χ3v) is 2.77. The van der Waals surface area contributed by atoms with Crippen LogP contribution in [0.25, 0.3) is 0 Å². The molecular weight excluding hydrogens is 275 g/mol. The van der Waals surface area contributed by atoms with E-state index in [0.717, 1.165) is 0 Å². The van der Waals surface area contributed by atoms with Crippen molar-refractivity contribution in [1.29, 1.82) is 0 Å². The molecule has 0 heterocycles. The maximum Gasteiger partial charge on any atom is 0.182 e. The number of halogens is 2. The molecule has 0 aliphatic rings. The normalized spacial score (nSPS) is 12.1. The zero-order chi connectivity index (χ0) is 13.7. The summed E-state index contributed by atoms with van der Waals surface area (Å²) in [5, 5.41) is -0.311. The zero-order valence-electron chi connectivity index (χ0n) is 10.6. The van der Waals surface area contributed by atoms with Crippen LogP contribution in [-0.4, -0.2) is 24.4 Å². The summed E-state index contributed by atoms with van der Waals surface area (Å²) in [7, 11) is 0. The molecule has 1 aromatic rings. The number of ether oxygens (including phenoxy) is 2. The number of carbonyl (C=O) groups is 1. The van der Waals surface area contributed by atoms with Crippen molar-refractivity contribution in [2.45, 2.75) is 26.1 Å². The SMILES string of the molecule is CCOc1cc(Cl)c(C(=O)C(C)Cl)cc1OCC. The highest BCUT2D eigenvalue weighted by Crippen LogP contribution is 2.34. The van der Waals surface area contributed by atoms with Gasteiger partial charge in [-0.25, -0.2) is 0 Å². The molecule has 100 valence electrons. The quantitative estimate of drug-likeness (QED) is 0.588. The maximum atomic E-state index is 11.9. The van der Waals surface area contributed by atoms with Gasteiger partial charge in [-0.3, -0.25) is 4.79 Å². The summed E-state index contributed by atoms with van der Waals surface area (Å²) in [6.07, 6.45) is 0. The predicted octanol–water partition coefficient (Wildman–Crippen LogP) is 3.95. The van der Waals surface area contributed by atoms with Crippen LogP contribution in [0.4, 0.5) is 0 Å². The molecule has 0 aliphatic carbocycles. The molecule has 0 saturated carbocycles. The number of alkyl halides is 1. The molecule has 0 amide bonds. The number of hydrogen-bond donors (Lipinski definition) is 0. The van der Waals surface area contributed by atoms with Crippen LogP contribution in [0.2, 0.25) is 5.02 Å². The van der Waals surface area contributed by atoms with Gasteiger partial charge in [-0.15, -0.1) is 11.6 Å². The van der Waals surface area contributed by atoms with Crippen LogP contribution in [0.15, 0.2) is 12.1 Å². The van der Waals surface area contributed by atoms with Crippen molar-refractivity contribution in [2.75, 3.05) is 13.2 Å². The van der Waals surface area contributed by atoms with Crippen molar-refractivity contribution < 1.29 is 14.3 Å². The van der Waals surface area contributed by atoms with E-state index in [2.05, 4.69) is 0 Å². The molecule has 0 spiro atoms. The molecule has 18 heavy (non-hydrogen) atoms. The van der Waals surface area contributed by atoms with Crippen LogP contribution in [0, 0.1) is 0 Å². The van der Waals surface area contributed by atoms with Crippen LogP contribution in [0.1, 0.15) is 31.1 Å². The standard InChI is InChI=1S/C13H16Cl2O3/c1-4-17-11-6-9(13(16)8(3)14)10(15)7-12(11)18-5-2/h6-8H,4-5H2,1-3H3. The van der Waals surface area contributed by atoms with Crippen molar-refractivity contribution in [2.24, 2.45) is 0 Å². The van der Waals surface area contributed by atoms with E-state index < -0.39 is 5.38 Å². The number of ketones is 1. The number of hydrogen-bond acceptors (Lipinski definition) is 3. The van der Waals surface area contributed by atoms with Gasteiger partial charge in [-0.1, -0.05) is 11.6 Å². The Morgan fingerprint density at radius 3 is 2.17 bits per heavy atom. The van der Waals surface area contributed by atoms with Crippen LogP contribution in [0.3, 0.4) is 0 Å². The Morgan fingerprint density at radius 2 is 1.72 bits per heavy atom. The molecule has 1 aromatic carbocycles. The summed E-state index contributed by atoms with van der Waals surface area (Å²) in [5.74, 6) is 0.804. The molecule has 0 bridgehead atoms. The maximum absolute atomic E-state index is 11.9. The van der Waals surface area contributed by atoms with E-state index in [9.17, 15) is 4.79 Å². The van der Waals surface area contributed by atoms with Crippen molar-refractivity contribution in [1.82, 2.24) is 0 Å². The Kier molecular flexibility index (Phi) is 5.76. The molecule has 0 fully saturated rings. The van der Waals surface area contributed by atoms with Gasteiger partial charge in [0, 0.05) is 11.6 Å². The lowest BCUT2D eigenvalue weighted by atomic mass is 10.1. The van der Waals surface area contributed by atoms with E-state index in [4.69, 9.17) is 32.7 Å². The van der Waals surface area contributed by atoms with Gasteiger partial charge in [0.25, 0.3) is 0 Å². The third kappa shape index (κ3) is 3.53. The molecule has 5 heteroatoms. The highest BCUT2D eigenvalue weighted by molar-refractivity contribution is 6.39. The first-order chi connectivity index (χ1) is 8.51. The van der Waals surface area contributed by atoms with Crippen molar-refractivity contribution >= 4 is 29.0 Å². The van der Waals surface area contributed by atoms with Crippen molar-refractivity contribution in [3.63, 3.8) is 0 Å². The number of Topliss-reactive ketones (excluding diaryl/α,β-unsaturated/α-hetero) is 1. The Morgan fingerprint density at radius 1 is 1.22 bits per heavy atom. The van der Waals surface area contributed by atoms with Crippen LogP contribution < -0.4 is 9.47 Å². The third-order valence-electron chi connectivity index (χ3n) is 2.26. The predicted molar refractivity (Wildman–Crippen MR) is 73.4 cm³/mol. The Balaban J connectivity index is 3.21. The average Bonchev–Trinajstić information content (AvgIpc) is 2.32. The Labute approximate surface area is 117 Å². The van der Waals surface area contributed by atoms with Crippen LogP contribution in [-0.2, 0) is 0 Å². The molecule has 1 atom stereocenters. The highest BCUT2D eigenvalue weighted by Gasteiger charge is 2.19. The highest BCUT2D eigenvalue weighted by atomic mass is 35.5. The lowest BCUT2D eigenvalue weighted by Crippen LogP contribution is -2.12. The summed E-state index contributed by atoms with van der Waals surface area (Å²) in [6, 6.07) is 3.17. The first-order valence-corrected chi connectivity index (χ1v) is 6.60. The van der Waals surface area contributed by atoms with Gasteiger partial charge in [0.15, 0.2) is 17.3 Å². The summed E-state index contributed by atoms with van der Waals surface area (Å²) < 4.78 is 10.8. The average molecular weight is 291 g/mol. The van der Waals surface area contributed by atoms with Crippen molar-refractivity contribution in [3.8, 4) is 11.5 Å². The van der Waals surface area contributed by atoms with Crippen LogP contribution >= 0.6 is 23.2 Å². The summed E-state index contributed by atoms with van der Waals surface area (Å²) in [4.78, 5) is 11.9. The molecule has 3 nitrogen and oxygen atoms in total. The largest absolute Gasteiger partial charge is 0.490 e. The van der Waals surface area contributed by atoms with Gasteiger partial charge in [0.05, 0.1) is 23.6 Å². The lowest BCUT2D eigenvalue weighted by molar-refractivity contribution is 0.0991. The van der Waals surface area contributed by atoms with Gasteiger partial charge in [-0.2, -0.15) is 0 Å². The van der Waals surface area contributed by atoms with Crippen LogP contribution in [0.5, 0.6) is 11.5 Å². The summed E-state index contributed by atoms with van der Waals surface area (Å²) >= 11 is 11.8. The second-order valence-corrected chi connectivity index (χ2v) is 4.69. The summed E-state index contributed by atoms with van der Waals surface area (Å²) in [6.45, 7) is 6.30. The smallest absolute Gasteiger partial charge is 0.182 e. The molecule has 0 aliphatic heterocycles. The van der Waals surface area contributed by atoms with Crippen molar-refractivity contribution in [3.05, 3.63) is 22.7 Å². The van der Waals surface area contributed by atoms with E-state index in [-0.39, 0.29) is 5.78 Å². The first kappa shape index (κ1) is 15.1. The molecular formula is C13H16Cl2O3. The molecule has 0 N–H and O–H groups in total. The molecule has 0 saturated heterocycles. The zero-order valence-corrected chi connectivity index (χ0v) is 12.1. The molecule has 0 radical (unpaired) electrons. The van der Waals surface area contributed by atoms with E-state index in [1.165, 1.54) is 0 Å². The minimum Gasteiger partial charge on any atom is -0.490 e. The van der Waals surface area contributed by atoms with Gasteiger partial charge >= 0.3 is 0 Å². The second kappa shape index (κ2) is 6.86. The molecule has 1 rings (SSSR count).